The first-order valence-electron chi connectivity index (χ1n) is 7.35. The van der Waals surface area contributed by atoms with Crippen LogP contribution < -0.4 is 9.80 Å². The lowest BCUT2D eigenvalue weighted by molar-refractivity contribution is -0.133. The number of nitrogens with zero attached hydrogens (tertiary/aromatic N) is 5. The second-order valence-corrected chi connectivity index (χ2v) is 6.30. The number of hydrogen-bond donors (Lipinski definition) is 0. The van der Waals surface area contributed by atoms with E-state index in [4.69, 9.17) is 4.74 Å². The number of carbonyl (C=O) groups excluding carboxylic acids is 2. The summed E-state index contributed by atoms with van der Waals surface area (Å²) >= 11 is 1.34. The van der Waals surface area contributed by atoms with Crippen molar-refractivity contribution in [1.29, 1.82) is 0 Å². The van der Waals surface area contributed by atoms with Crippen molar-refractivity contribution in [3.63, 3.8) is 0 Å². The van der Waals surface area contributed by atoms with Gasteiger partial charge in [-0.15, -0.1) is 10.2 Å². The molecule has 2 aliphatic heterocycles. The van der Waals surface area contributed by atoms with Gasteiger partial charge in [0.1, 0.15) is 0 Å². The van der Waals surface area contributed by atoms with Gasteiger partial charge in [0.2, 0.25) is 22.1 Å². The fourth-order valence-corrected chi connectivity index (χ4v) is 3.36. The molecule has 0 bridgehead atoms. The topological polar surface area (TPSA) is 78.9 Å². The fourth-order valence-electron chi connectivity index (χ4n) is 2.51. The van der Waals surface area contributed by atoms with Crippen LogP contribution in [0.4, 0.5) is 10.3 Å². The van der Waals surface area contributed by atoms with Crippen molar-refractivity contribution in [2.75, 3.05) is 56.2 Å². The lowest BCUT2D eigenvalue weighted by atomic mass is 10.4. The van der Waals surface area contributed by atoms with Crippen LogP contribution in [0.1, 0.15) is 12.8 Å². The third-order valence-corrected chi connectivity index (χ3v) is 4.83. The molecule has 0 unspecified atom stereocenters. The van der Waals surface area contributed by atoms with Gasteiger partial charge in [-0.1, -0.05) is 11.3 Å². The van der Waals surface area contributed by atoms with Crippen molar-refractivity contribution in [2.24, 2.45) is 0 Å². The summed E-state index contributed by atoms with van der Waals surface area (Å²) < 4.78 is 5.24. The normalized spacial score (nSPS) is 18.9. The van der Waals surface area contributed by atoms with Gasteiger partial charge in [0.25, 0.3) is 0 Å². The Kier molecular flexibility index (Phi) is 4.53. The fraction of sp³-hybridized carbons (Fsp3) is 0.692. The maximum Gasteiger partial charge on any atom is 0.242 e. The summed E-state index contributed by atoms with van der Waals surface area (Å²) in [6.07, 6.45) is 1.43. The molecule has 1 aromatic rings. The zero-order chi connectivity index (χ0) is 15.5. The number of amides is 2. The number of rotatable bonds is 4. The Hall–Kier alpha value is -1.74. The molecule has 2 fully saturated rings. The van der Waals surface area contributed by atoms with Gasteiger partial charge < -0.3 is 14.5 Å². The van der Waals surface area contributed by atoms with E-state index in [2.05, 4.69) is 10.2 Å². The van der Waals surface area contributed by atoms with E-state index in [0.29, 0.717) is 49.5 Å². The quantitative estimate of drug-likeness (QED) is 0.773. The summed E-state index contributed by atoms with van der Waals surface area (Å²) in [5.41, 5.74) is 0. The molecule has 22 heavy (non-hydrogen) atoms. The zero-order valence-corrected chi connectivity index (χ0v) is 13.3. The van der Waals surface area contributed by atoms with Gasteiger partial charge in [-0.3, -0.25) is 14.5 Å². The molecule has 9 heteroatoms. The van der Waals surface area contributed by atoms with E-state index >= 15 is 0 Å². The predicted octanol–water partition coefficient (Wildman–Crippen LogP) is -0.0401. The van der Waals surface area contributed by atoms with Gasteiger partial charge in [-0.2, -0.15) is 0 Å². The second kappa shape index (κ2) is 6.57. The van der Waals surface area contributed by atoms with Gasteiger partial charge in [0.05, 0.1) is 19.8 Å². The lowest BCUT2D eigenvalue weighted by Gasteiger charge is -2.28. The molecule has 8 nitrogen and oxygen atoms in total. The van der Waals surface area contributed by atoms with E-state index in [1.165, 1.54) is 11.3 Å². The number of aromatic nitrogens is 2. The van der Waals surface area contributed by atoms with Crippen molar-refractivity contribution in [1.82, 2.24) is 15.1 Å². The molecule has 0 spiro atoms. The van der Waals surface area contributed by atoms with Crippen molar-refractivity contribution in [2.45, 2.75) is 12.8 Å². The lowest BCUT2D eigenvalue weighted by Crippen LogP contribution is -2.45. The molecule has 0 aliphatic carbocycles. The number of anilines is 2. The highest BCUT2D eigenvalue weighted by Crippen LogP contribution is 2.29. The van der Waals surface area contributed by atoms with Gasteiger partial charge >= 0.3 is 0 Å². The SMILES string of the molecule is CN(CC(=O)N1CCOCC1)c1nnc(N2CCCC2=O)s1. The van der Waals surface area contributed by atoms with Crippen LogP contribution in [0.2, 0.25) is 0 Å². The molecular formula is C13H19N5O3S. The molecule has 1 aromatic heterocycles. The first-order valence-corrected chi connectivity index (χ1v) is 8.17. The van der Waals surface area contributed by atoms with Crippen LogP contribution in [-0.2, 0) is 14.3 Å². The smallest absolute Gasteiger partial charge is 0.242 e. The Morgan fingerprint density at radius 1 is 1.32 bits per heavy atom. The number of likely N-dealkylation sites (N-methyl/N-ethyl adjacent to an activating group) is 1. The minimum absolute atomic E-state index is 0.0554. The third kappa shape index (κ3) is 3.20. The predicted molar refractivity (Wildman–Crippen MR) is 82.2 cm³/mol. The van der Waals surface area contributed by atoms with Crippen molar-refractivity contribution in [3.8, 4) is 0 Å². The van der Waals surface area contributed by atoms with Crippen LogP contribution in [0.5, 0.6) is 0 Å². The monoisotopic (exact) mass is 325 g/mol. The third-order valence-electron chi connectivity index (χ3n) is 3.77. The van der Waals surface area contributed by atoms with Crippen LogP contribution in [-0.4, -0.2) is 73.4 Å². The highest BCUT2D eigenvalue weighted by Gasteiger charge is 2.26. The average Bonchev–Trinajstić information content (AvgIpc) is 3.16. The second-order valence-electron chi connectivity index (χ2n) is 5.37. The maximum atomic E-state index is 12.2. The standard InChI is InChI=1S/C13H19N5O3S/c1-16(9-11(20)17-5-7-21-8-6-17)12-14-15-13(22-12)18-4-2-3-10(18)19/h2-9H2,1H3. The summed E-state index contributed by atoms with van der Waals surface area (Å²) in [6.45, 7) is 3.41. The van der Waals surface area contributed by atoms with Gasteiger partial charge in [0.15, 0.2) is 0 Å². The van der Waals surface area contributed by atoms with Crippen molar-refractivity contribution in [3.05, 3.63) is 0 Å². The molecule has 0 atom stereocenters. The first kappa shape index (κ1) is 15.2. The molecule has 120 valence electrons. The average molecular weight is 325 g/mol. The Morgan fingerprint density at radius 3 is 2.77 bits per heavy atom. The summed E-state index contributed by atoms with van der Waals surface area (Å²) in [6, 6.07) is 0. The number of carbonyl (C=O) groups is 2. The van der Waals surface area contributed by atoms with E-state index in [9.17, 15) is 9.59 Å². The van der Waals surface area contributed by atoms with Crippen LogP contribution >= 0.6 is 11.3 Å². The molecule has 2 saturated heterocycles. The van der Waals surface area contributed by atoms with E-state index in [1.54, 1.807) is 14.7 Å². The van der Waals surface area contributed by atoms with E-state index in [1.807, 2.05) is 7.05 Å². The van der Waals surface area contributed by atoms with Gasteiger partial charge in [0, 0.05) is 33.1 Å². The minimum Gasteiger partial charge on any atom is -0.378 e. The number of morpholine rings is 1. The van der Waals surface area contributed by atoms with Gasteiger partial charge in [-0.25, -0.2) is 0 Å². The van der Waals surface area contributed by atoms with Crippen LogP contribution in [0.15, 0.2) is 0 Å². The Balaban J connectivity index is 1.60. The number of ether oxygens (including phenoxy) is 1. The summed E-state index contributed by atoms with van der Waals surface area (Å²) in [5.74, 6) is 0.148. The largest absolute Gasteiger partial charge is 0.378 e. The van der Waals surface area contributed by atoms with Gasteiger partial charge in [-0.05, 0) is 6.42 Å². The van der Waals surface area contributed by atoms with Crippen LogP contribution in [0, 0.1) is 0 Å². The Labute approximate surface area is 132 Å². The molecule has 0 N–H and O–H groups in total. The highest BCUT2D eigenvalue weighted by atomic mass is 32.1. The number of hydrogen-bond acceptors (Lipinski definition) is 7. The Bertz CT molecular complexity index is 558. The summed E-state index contributed by atoms with van der Waals surface area (Å²) in [4.78, 5) is 29.2. The van der Waals surface area contributed by atoms with Crippen molar-refractivity contribution >= 4 is 33.4 Å². The summed E-state index contributed by atoms with van der Waals surface area (Å²) in [5, 5.41) is 9.44. The molecule has 0 radical (unpaired) electrons. The molecule has 0 aromatic carbocycles. The zero-order valence-electron chi connectivity index (χ0n) is 12.5. The van der Waals surface area contributed by atoms with Crippen LogP contribution in [0.3, 0.4) is 0 Å². The van der Waals surface area contributed by atoms with Crippen molar-refractivity contribution < 1.29 is 14.3 Å². The van der Waals surface area contributed by atoms with E-state index < -0.39 is 0 Å². The van der Waals surface area contributed by atoms with E-state index in [-0.39, 0.29) is 18.4 Å². The molecule has 3 heterocycles. The molecule has 2 amide bonds. The maximum absolute atomic E-state index is 12.2. The minimum atomic E-state index is 0.0554. The molecule has 0 saturated carbocycles. The highest BCUT2D eigenvalue weighted by molar-refractivity contribution is 7.19. The molecule has 3 rings (SSSR count). The van der Waals surface area contributed by atoms with Crippen LogP contribution in [0.25, 0.3) is 0 Å². The molecular weight excluding hydrogens is 306 g/mol. The Morgan fingerprint density at radius 2 is 2.09 bits per heavy atom. The summed E-state index contributed by atoms with van der Waals surface area (Å²) in [7, 11) is 1.81. The first-order chi connectivity index (χ1) is 10.6. The molecule has 2 aliphatic rings. The van der Waals surface area contributed by atoms with E-state index in [0.717, 1.165) is 6.42 Å².